The molecule has 124 valence electrons. The zero-order valence-electron chi connectivity index (χ0n) is 13.7. The summed E-state index contributed by atoms with van der Waals surface area (Å²) < 4.78 is 0. The van der Waals surface area contributed by atoms with Gasteiger partial charge < -0.3 is 10.2 Å². The Kier molecular flexibility index (Phi) is 4.85. The van der Waals surface area contributed by atoms with Gasteiger partial charge in [0.1, 0.15) is 0 Å². The summed E-state index contributed by atoms with van der Waals surface area (Å²) in [5, 5.41) is 2.78. The molecule has 1 heterocycles. The van der Waals surface area contributed by atoms with Crippen LogP contribution in [0.4, 0.5) is 11.4 Å². The zero-order valence-corrected chi connectivity index (χ0v) is 13.7. The molecule has 0 radical (unpaired) electrons. The van der Waals surface area contributed by atoms with Crippen molar-refractivity contribution in [3.8, 4) is 0 Å². The van der Waals surface area contributed by atoms with Crippen molar-refractivity contribution in [2.75, 3.05) is 17.3 Å². The molecule has 0 unspecified atom stereocenters. The summed E-state index contributed by atoms with van der Waals surface area (Å²) in [6.07, 6.45) is 3.20. The molecular weight excluding hydrogens is 314 g/mol. The fourth-order valence-corrected chi connectivity index (χ4v) is 2.39. The number of nitrogens with one attached hydrogen (secondary N) is 1. The number of rotatable bonds is 4. The van der Waals surface area contributed by atoms with Crippen LogP contribution in [-0.2, 0) is 0 Å². The van der Waals surface area contributed by atoms with Crippen molar-refractivity contribution >= 4 is 23.2 Å². The maximum absolute atomic E-state index is 12.7. The number of benzene rings is 2. The smallest absolute Gasteiger partial charge is 0.258 e. The van der Waals surface area contributed by atoms with Crippen LogP contribution in [0.25, 0.3) is 0 Å². The van der Waals surface area contributed by atoms with Crippen LogP contribution >= 0.6 is 0 Å². The lowest BCUT2D eigenvalue weighted by Crippen LogP contribution is -2.26. The van der Waals surface area contributed by atoms with Crippen LogP contribution < -0.4 is 10.2 Å². The van der Waals surface area contributed by atoms with Crippen LogP contribution in [0, 0.1) is 0 Å². The van der Waals surface area contributed by atoms with Gasteiger partial charge in [-0.1, -0.05) is 24.3 Å². The van der Waals surface area contributed by atoms with E-state index in [0.717, 1.165) is 5.69 Å². The molecule has 0 spiro atoms. The second-order valence-electron chi connectivity index (χ2n) is 5.47. The van der Waals surface area contributed by atoms with Gasteiger partial charge in [0.2, 0.25) is 0 Å². The van der Waals surface area contributed by atoms with Crippen LogP contribution in [0.3, 0.4) is 0 Å². The van der Waals surface area contributed by atoms with Crippen molar-refractivity contribution in [2.45, 2.75) is 0 Å². The molecule has 2 amide bonds. The summed E-state index contributed by atoms with van der Waals surface area (Å²) in [6.45, 7) is 0. The van der Waals surface area contributed by atoms with E-state index in [1.54, 1.807) is 60.7 Å². The number of pyridine rings is 1. The van der Waals surface area contributed by atoms with E-state index in [2.05, 4.69) is 10.3 Å². The van der Waals surface area contributed by atoms with Gasteiger partial charge in [-0.15, -0.1) is 0 Å². The molecule has 0 saturated heterocycles. The van der Waals surface area contributed by atoms with E-state index in [4.69, 9.17) is 0 Å². The van der Waals surface area contributed by atoms with Gasteiger partial charge in [0.05, 0.1) is 0 Å². The minimum Gasteiger partial charge on any atom is -0.322 e. The molecule has 3 rings (SSSR count). The number of hydrogen-bond donors (Lipinski definition) is 1. The van der Waals surface area contributed by atoms with Crippen molar-refractivity contribution in [1.82, 2.24) is 4.98 Å². The van der Waals surface area contributed by atoms with E-state index in [0.29, 0.717) is 16.8 Å². The molecule has 2 aromatic carbocycles. The number of anilines is 2. The molecule has 0 aliphatic rings. The third-order valence-electron chi connectivity index (χ3n) is 3.76. The number of carbonyl (C=O) groups is 2. The molecule has 0 saturated carbocycles. The molecule has 0 aliphatic heterocycles. The van der Waals surface area contributed by atoms with Gasteiger partial charge in [-0.3, -0.25) is 14.6 Å². The number of nitrogens with zero attached hydrogens (tertiary/aromatic N) is 2. The summed E-state index contributed by atoms with van der Waals surface area (Å²) >= 11 is 0. The van der Waals surface area contributed by atoms with Crippen LogP contribution in [0.2, 0.25) is 0 Å². The summed E-state index contributed by atoms with van der Waals surface area (Å²) in [7, 11) is 1.71. The van der Waals surface area contributed by atoms with Gasteiger partial charge in [-0.05, 0) is 42.5 Å². The average Bonchev–Trinajstić information content (AvgIpc) is 2.68. The molecule has 0 aliphatic carbocycles. The molecule has 0 bridgehead atoms. The fraction of sp³-hybridized carbons (Fsp3) is 0.0500. The standard InChI is InChI=1S/C20H17N3O2/c1-23(18-8-3-2-4-9-18)20(25)16-7-5-6-15(14-16)19(24)22-17-10-12-21-13-11-17/h2-14H,1H3,(H,21,22,24). The topological polar surface area (TPSA) is 62.3 Å². The summed E-state index contributed by atoms with van der Waals surface area (Å²) in [5.41, 5.74) is 2.31. The Morgan fingerprint density at radius 1 is 0.880 bits per heavy atom. The lowest BCUT2D eigenvalue weighted by atomic mass is 10.1. The molecule has 1 N–H and O–H groups in total. The van der Waals surface area contributed by atoms with Gasteiger partial charge in [0, 0.05) is 41.9 Å². The Bertz CT molecular complexity index is 880. The highest BCUT2D eigenvalue weighted by molar-refractivity contribution is 6.09. The first kappa shape index (κ1) is 16.4. The Morgan fingerprint density at radius 2 is 1.56 bits per heavy atom. The minimum absolute atomic E-state index is 0.176. The minimum atomic E-state index is -0.275. The number of hydrogen-bond acceptors (Lipinski definition) is 3. The molecule has 5 heteroatoms. The summed E-state index contributed by atoms with van der Waals surface area (Å²) in [6, 6.07) is 19.4. The number of amides is 2. The highest BCUT2D eigenvalue weighted by Gasteiger charge is 2.15. The first-order valence-electron chi connectivity index (χ1n) is 7.80. The van der Waals surface area contributed by atoms with Gasteiger partial charge in [-0.25, -0.2) is 0 Å². The number of para-hydroxylation sites is 1. The Morgan fingerprint density at radius 3 is 2.28 bits per heavy atom. The van der Waals surface area contributed by atoms with E-state index >= 15 is 0 Å². The van der Waals surface area contributed by atoms with Crippen LogP contribution in [0.15, 0.2) is 79.1 Å². The molecule has 3 aromatic rings. The fourth-order valence-electron chi connectivity index (χ4n) is 2.39. The second-order valence-corrected chi connectivity index (χ2v) is 5.47. The van der Waals surface area contributed by atoms with E-state index < -0.39 is 0 Å². The van der Waals surface area contributed by atoms with E-state index in [9.17, 15) is 9.59 Å². The quantitative estimate of drug-likeness (QED) is 0.794. The maximum atomic E-state index is 12.7. The lowest BCUT2D eigenvalue weighted by molar-refractivity contribution is 0.0993. The van der Waals surface area contributed by atoms with Crippen molar-refractivity contribution in [2.24, 2.45) is 0 Å². The monoisotopic (exact) mass is 331 g/mol. The summed E-state index contributed by atoms with van der Waals surface area (Å²) in [4.78, 5) is 30.5. The van der Waals surface area contributed by atoms with E-state index in [-0.39, 0.29) is 11.8 Å². The average molecular weight is 331 g/mol. The van der Waals surface area contributed by atoms with E-state index in [1.807, 2.05) is 30.3 Å². The highest BCUT2D eigenvalue weighted by Crippen LogP contribution is 2.16. The van der Waals surface area contributed by atoms with Gasteiger partial charge in [-0.2, -0.15) is 0 Å². The molecule has 1 aromatic heterocycles. The Balaban J connectivity index is 1.79. The predicted octanol–water partition coefficient (Wildman–Crippen LogP) is 3.61. The van der Waals surface area contributed by atoms with Crippen molar-refractivity contribution in [3.05, 3.63) is 90.3 Å². The van der Waals surface area contributed by atoms with Gasteiger partial charge in [0.15, 0.2) is 0 Å². The Hall–Kier alpha value is -3.47. The number of aromatic nitrogens is 1. The second kappa shape index (κ2) is 7.40. The molecule has 0 fully saturated rings. The van der Waals surface area contributed by atoms with Crippen molar-refractivity contribution < 1.29 is 9.59 Å². The third-order valence-corrected chi connectivity index (χ3v) is 3.76. The SMILES string of the molecule is CN(C(=O)c1cccc(C(=O)Nc2ccncc2)c1)c1ccccc1. The van der Waals surface area contributed by atoms with E-state index in [1.165, 1.54) is 0 Å². The first-order valence-corrected chi connectivity index (χ1v) is 7.80. The van der Waals surface area contributed by atoms with Gasteiger partial charge >= 0.3 is 0 Å². The van der Waals surface area contributed by atoms with Gasteiger partial charge in [0.25, 0.3) is 11.8 Å². The van der Waals surface area contributed by atoms with Crippen molar-refractivity contribution in [3.63, 3.8) is 0 Å². The summed E-state index contributed by atoms with van der Waals surface area (Å²) in [5.74, 6) is -0.451. The highest BCUT2D eigenvalue weighted by atomic mass is 16.2. The van der Waals surface area contributed by atoms with Crippen LogP contribution in [-0.4, -0.2) is 23.8 Å². The third kappa shape index (κ3) is 3.90. The maximum Gasteiger partial charge on any atom is 0.258 e. The normalized spacial score (nSPS) is 10.1. The molecule has 25 heavy (non-hydrogen) atoms. The predicted molar refractivity (Wildman–Crippen MR) is 97.8 cm³/mol. The Labute approximate surface area is 145 Å². The molecular formula is C20H17N3O2. The number of carbonyl (C=O) groups excluding carboxylic acids is 2. The molecule has 5 nitrogen and oxygen atoms in total. The largest absolute Gasteiger partial charge is 0.322 e. The zero-order chi connectivity index (χ0) is 17.6. The first-order chi connectivity index (χ1) is 12.1. The van der Waals surface area contributed by atoms with Crippen molar-refractivity contribution in [1.29, 1.82) is 0 Å². The molecule has 0 atom stereocenters. The van der Waals surface area contributed by atoms with Crippen LogP contribution in [0.1, 0.15) is 20.7 Å². The lowest BCUT2D eigenvalue weighted by Gasteiger charge is -2.17. The van der Waals surface area contributed by atoms with Crippen LogP contribution in [0.5, 0.6) is 0 Å².